The summed E-state index contributed by atoms with van der Waals surface area (Å²) in [4.78, 5) is 1.33. The van der Waals surface area contributed by atoms with Crippen molar-refractivity contribution in [3.8, 4) is 0 Å². The van der Waals surface area contributed by atoms with Gasteiger partial charge in [0.2, 0.25) is 0 Å². The molecule has 0 saturated carbocycles. The van der Waals surface area contributed by atoms with E-state index in [0.29, 0.717) is 21.5 Å². The van der Waals surface area contributed by atoms with Gasteiger partial charge in [-0.05, 0) is 36.4 Å². The minimum absolute atomic E-state index is 0.249. The highest BCUT2D eigenvalue weighted by molar-refractivity contribution is 7.99. The summed E-state index contributed by atoms with van der Waals surface area (Å²) < 4.78 is 14.1. The van der Waals surface area contributed by atoms with Gasteiger partial charge in [0, 0.05) is 16.5 Å². The molecule has 1 N–H and O–H groups in total. The third-order valence-electron chi connectivity index (χ3n) is 2.72. The van der Waals surface area contributed by atoms with E-state index in [1.165, 1.54) is 17.8 Å². The zero-order chi connectivity index (χ0) is 14.5. The third-order valence-corrected chi connectivity index (χ3v) is 4.61. The number of halogens is 3. The highest BCUT2D eigenvalue weighted by atomic mass is 35.5. The van der Waals surface area contributed by atoms with Crippen LogP contribution in [0, 0.1) is 5.82 Å². The van der Waals surface area contributed by atoms with Gasteiger partial charge < -0.3 is 5.32 Å². The van der Waals surface area contributed by atoms with Gasteiger partial charge in [-0.25, -0.2) is 4.39 Å². The van der Waals surface area contributed by atoms with Gasteiger partial charge in [0.25, 0.3) is 0 Å². The summed E-state index contributed by atoms with van der Waals surface area (Å²) in [7, 11) is 0. The van der Waals surface area contributed by atoms with E-state index in [0.717, 1.165) is 17.0 Å². The van der Waals surface area contributed by atoms with Crippen molar-refractivity contribution < 1.29 is 4.39 Å². The van der Waals surface area contributed by atoms with E-state index >= 15 is 0 Å². The average molecular weight is 330 g/mol. The average Bonchev–Trinajstić information content (AvgIpc) is 2.43. The second-order valence-electron chi connectivity index (χ2n) is 4.19. The standard InChI is InChI=1S/C15H14Cl2FNS/c1-2-19-9-10-4-3-5-13(18)15(10)20-14-8-11(16)6-7-12(14)17/h3-8,19H,2,9H2,1H3. The molecule has 20 heavy (non-hydrogen) atoms. The van der Waals surface area contributed by atoms with Crippen molar-refractivity contribution >= 4 is 35.0 Å². The highest BCUT2D eigenvalue weighted by Gasteiger charge is 2.12. The maximum atomic E-state index is 14.1. The normalized spacial score (nSPS) is 10.8. The van der Waals surface area contributed by atoms with Gasteiger partial charge in [0.1, 0.15) is 5.82 Å². The van der Waals surface area contributed by atoms with Gasteiger partial charge in [-0.1, -0.05) is 54.0 Å². The lowest BCUT2D eigenvalue weighted by Crippen LogP contribution is -2.12. The van der Waals surface area contributed by atoms with Crippen LogP contribution in [-0.4, -0.2) is 6.54 Å². The molecule has 0 fully saturated rings. The Bertz CT molecular complexity index is 604. The molecule has 0 radical (unpaired) electrons. The minimum Gasteiger partial charge on any atom is -0.313 e. The number of benzene rings is 2. The molecule has 0 bridgehead atoms. The van der Waals surface area contributed by atoms with Crippen LogP contribution >= 0.6 is 35.0 Å². The Morgan fingerprint density at radius 1 is 1.20 bits per heavy atom. The number of nitrogens with one attached hydrogen (secondary N) is 1. The van der Waals surface area contributed by atoms with Crippen LogP contribution in [0.4, 0.5) is 4.39 Å². The van der Waals surface area contributed by atoms with E-state index in [1.54, 1.807) is 24.3 Å². The van der Waals surface area contributed by atoms with Crippen molar-refractivity contribution in [2.24, 2.45) is 0 Å². The Hall–Kier alpha value is -0.740. The first kappa shape index (κ1) is 15.6. The Kier molecular flexibility index (Phi) is 5.73. The summed E-state index contributed by atoms with van der Waals surface area (Å²) in [6.45, 7) is 3.47. The molecular formula is C15H14Cl2FNS. The largest absolute Gasteiger partial charge is 0.313 e. The Labute approximate surface area is 132 Å². The first-order chi connectivity index (χ1) is 9.61. The third kappa shape index (κ3) is 3.89. The highest BCUT2D eigenvalue weighted by Crippen LogP contribution is 2.38. The molecule has 0 unspecified atom stereocenters. The number of hydrogen-bond donors (Lipinski definition) is 1. The van der Waals surface area contributed by atoms with Crippen LogP contribution in [-0.2, 0) is 6.54 Å². The van der Waals surface area contributed by atoms with Crippen molar-refractivity contribution in [2.75, 3.05) is 6.54 Å². The summed E-state index contributed by atoms with van der Waals surface area (Å²) >= 11 is 13.4. The molecule has 106 valence electrons. The molecule has 0 aliphatic rings. The Morgan fingerprint density at radius 2 is 2.00 bits per heavy atom. The van der Waals surface area contributed by atoms with E-state index in [2.05, 4.69) is 5.32 Å². The molecule has 0 heterocycles. The zero-order valence-electron chi connectivity index (χ0n) is 10.9. The minimum atomic E-state index is -0.249. The molecule has 0 aromatic heterocycles. The fourth-order valence-electron chi connectivity index (χ4n) is 1.73. The molecule has 0 atom stereocenters. The number of hydrogen-bond acceptors (Lipinski definition) is 2. The van der Waals surface area contributed by atoms with Gasteiger partial charge in [-0.15, -0.1) is 0 Å². The smallest absolute Gasteiger partial charge is 0.137 e. The van der Waals surface area contributed by atoms with Crippen LogP contribution in [0.15, 0.2) is 46.2 Å². The fraction of sp³-hybridized carbons (Fsp3) is 0.200. The van der Waals surface area contributed by atoms with Crippen LogP contribution in [0.25, 0.3) is 0 Å². The molecule has 0 aliphatic carbocycles. The molecule has 0 amide bonds. The van der Waals surface area contributed by atoms with Crippen molar-refractivity contribution in [1.82, 2.24) is 5.32 Å². The van der Waals surface area contributed by atoms with Gasteiger partial charge in [0.05, 0.1) is 9.92 Å². The maximum absolute atomic E-state index is 14.1. The van der Waals surface area contributed by atoms with Crippen molar-refractivity contribution in [3.05, 3.63) is 57.8 Å². The number of rotatable bonds is 5. The molecule has 0 aliphatic heterocycles. The lowest BCUT2D eigenvalue weighted by atomic mass is 10.2. The molecule has 2 rings (SSSR count). The van der Waals surface area contributed by atoms with Crippen LogP contribution in [0.5, 0.6) is 0 Å². The molecule has 1 nitrogen and oxygen atoms in total. The monoisotopic (exact) mass is 329 g/mol. The Balaban J connectivity index is 2.34. The molecule has 0 spiro atoms. The van der Waals surface area contributed by atoms with Gasteiger partial charge >= 0.3 is 0 Å². The van der Waals surface area contributed by atoms with Gasteiger partial charge in [-0.3, -0.25) is 0 Å². The van der Waals surface area contributed by atoms with E-state index in [-0.39, 0.29) is 5.82 Å². The summed E-state index contributed by atoms with van der Waals surface area (Å²) in [5, 5.41) is 4.36. The van der Waals surface area contributed by atoms with Crippen molar-refractivity contribution in [3.63, 3.8) is 0 Å². The second-order valence-corrected chi connectivity index (χ2v) is 6.08. The predicted octanol–water partition coefficient (Wildman–Crippen LogP) is 5.39. The Morgan fingerprint density at radius 3 is 2.75 bits per heavy atom. The van der Waals surface area contributed by atoms with Crippen LogP contribution < -0.4 is 5.32 Å². The molecular weight excluding hydrogens is 316 g/mol. The SMILES string of the molecule is CCNCc1cccc(F)c1Sc1cc(Cl)ccc1Cl. The molecule has 2 aromatic carbocycles. The van der Waals surface area contributed by atoms with E-state index < -0.39 is 0 Å². The fourth-order valence-corrected chi connectivity index (χ4v) is 3.21. The summed E-state index contributed by atoms with van der Waals surface area (Å²) in [5.74, 6) is -0.249. The van der Waals surface area contributed by atoms with Crippen molar-refractivity contribution in [1.29, 1.82) is 0 Å². The molecule has 5 heteroatoms. The van der Waals surface area contributed by atoms with Gasteiger partial charge in [0.15, 0.2) is 0 Å². The summed E-state index contributed by atoms with van der Waals surface area (Å²) in [5.41, 5.74) is 0.910. The first-order valence-corrected chi connectivity index (χ1v) is 7.80. The zero-order valence-corrected chi connectivity index (χ0v) is 13.2. The predicted molar refractivity (Wildman–Crippen MR) is 84.4 cm³/mol. The van der Waals surface area contributed by atoms with E-state index in [4.69, 9.17) is 23.2 Å². The summed E-state index contributed by atoms with van der Waals surface area (Å²) in [6.07, 6.45) is 0. The van der Waals surface area contributed by atoms with Crippen LogP contribution in [0.3, 0.4) is 0 Å². The maximum Gasteiger partial charge on any atom is 0.137 e. The lowest BCUT2D eigenvalue weighted by Gasteiger charge is -2.11. The summed E-state index contributed by atoms with van der Waals surface area (Å²) in [6, 6.07) is 10.3. The second kappa shape index (κ2) is 7.32. The van der Waals surface area contributed by atoms with Crippen LogP contribution in [0.2, 0.25) is 10.0 Å². The molecule has 0 saturated heterocycles. The van der Waals surface area contributed by atoms with Crippen molar-refractivity contribution in [2.45, 2.75) is 23.3 Å². The topological polar surface area (TPSA) is 12.0 Å². The van der Waals surface area contributed by atoms with E-state index in [1.807, 2.05) is 13.0 Å². The van der Waals surface area contributed by atoms with Gasteiger partial charge in [-0.2, -0.15) is 0 Å². The molecule has 2 aromatic rings. The van der Waals surface area contributed by atoms with E-state index in [9.17, 15) is 4.39 Å². The lowest BCUT2D eigenvalue weighted by molar-refractivity contribution is 0.591. The quantitative estimate of drug-likeness (QED) is 0.788. The first-order valence-electron chi connectivity index (χ1n) is 6.23. The van der Waals surface area contributed by atoms with Crippen LogP contribution in [0.1, 0.15) is 12.5 Å².